The Morgan fingerprint density at radius 3 is 2.47 bits per heavy atom. The molecule has 1 atom stereocenters. The van der Waals surface area contributed by atoms with Gasteiger partial charge >= 0.3 is 0 Å². The summed E-state index contributed by atoms with van der Waals surface area (Å²) in [7, 11) is 1.74. The molecule has 0 saturated heterocycles. The molecule has 19 heavy (non-hydrogen) atoms. The van der Waals surface area contributed by atoms with E-state index in [0.29, 0.717) is 5.92 Å². The molecular weight excluding hydrogens is 256 g/mol. The molecule has 1 nitrogen and oxygen atoms in total. The molecule has 0 aliphatic heterocycles. The average Bonchev–Trinajstić information content (AvgIpc) is 2.42. The number of allylic oxidation sites excluding steroid dienone is 2. The van der Waals surface area contributed by atoms with Crippen LogP contribution < -0.4 is 4.74 Å². The van der Waals surface area contributed by atoms with Gasteiger partial charge in [-0.05, 0) is 56.2 Å². The predicted molar refractivity (Wildman–Crippen MR) is 84.6 cm³/mol. The second kappa shape index (κ2) is 7.59. The Balaban J connectivity index is 3.21. The Bertz CT molecular complexity index is 449. The van der Waals surface area contributed by atoms with Crippen LogP contribution in [0.3, 0.4) is 0 Å². The normalized spacial score (nSPS) is 12.9. The maximum atomic E-state index is 6.40. The van der Waals surface area contributed by atoms with E-state index >= 15 is 0 Å². The molecule has 106 valence electrons. The van der Waals surface area contributed by atoms with E-state index in [9.17, 15) is 0 Å². The molecule has 1 rings (SSSR count). The summed E-state index contributed by atoms with van der Waals surface area (Å²) in [5.74, 6) is 1.44. The molecule has 0 aliphatic carbocycles. The second-order valence-corrected chi connectivity index (χ2v) is 5.35. The molecule has 0 radical (unpaired) electrons. The van der Waals surface area contributed by atoms with Crippen LogP contribution in [0.1, 0.15) is 55.7 Å². The molecular formula is C17H25ClO. The molecule has 0 spiro atoms. The molecule has 0 N–H and O–H groups in total. The van der Waals surface area contributed by atoms with E-state index in [4.69, 9.17) is 16.3 Å². The Kier molecular flexibility index (Phi) is 6.44. The summed E-state index contributed by atoms with van der Waals surface area (Å²) in [6, 6.07) is 2.05. The molecule has 0 bridgehead atoms. The van der Waals surface area contributed by atoms with E-state index in [1.54, 1.807) is 7.11 Å². The maximum Gasteiger partial charge on any atom is 0.122 e. The van der Waals surface area contributed by atoms with Gasteiger partial charge in [0.15, 0.2) is 0 Å². The van der Waals surface area contributed by atoms with E-state index in [0.717, 1.165) is 41.2 Å². The van der Waals surface area contributed by atoms with E-state index < -0.39 is 0 Å². The highest BCUT2D eigenvalue weighted by Gasteiger charge is 2.19. The van der Waals surface area contributed by atoms with Gasteiger partial charge in [-0.15, -0.1) is 0 Å². The molecule has 0 heterocycles. The predicted octanol–water partition coefficient (Wildman–Crippen LogP) is 5.82. The molecule has 0 fully saturated rings. The monoisotopic (exact) mass is 280 g/mol. The SMILES string of the molecule is CC/C=C\CC(CC)c1c(OC)cc(C)c(Cl)c1C. The largest absolute Gasteiger partial charge is 0.496 e. The Morgan fingerprint density at radius 1 is 1.26 bits per heavy atom. The number of rotatable bonds is 6. The summed E-state index contributed by atoms with van der Waals surface area (Å²) in [5, 5.41) is 0.869. The molecule has 1 aromatic rings. The lowest BCUT2D eigenvalue weighted by Crippen LogP contribution is -2.04. The molecule has 0 aliphatic rings. The van der Waals surface area contributed by atoms with Gasteiger partial charge in [-0.3, -0.25) is 0 Å². The zero-order valence-electron chi connectivity index (χ0n) is 12.7. The third-order valence-corrected chi connectivity index (χ3v) is 4.22. The highest BCUT2D eigenvalue weighted by atomic mass is 35.5. The number of hydrogen-bond donors (Lipinski definition) is 0. The number of halogens is 1. The van der Waals surface area contributed by atoms with Crippen LogP contribution >= 0.6 is 11.6 Å². The van der Waals surface area contributed by atoms with Crippen molar-refractivity contribution in [1.29, 1.82) is 0 Å². The van der Waals surface area contributed by atoms with Crippen LogP contribution in [0, 0.1) is 13.8 Å². The van der Waals surface area contributed by atoms with Crippen molar-refractivity contribution in [3.05, 3.63) is 39.9 Å². The summed E-state index contributed by atoms with van der Waals surface area (Å²) >= 11 is 6.40. The van der Waals surface area contributed by atoms with Crippen LogP contribution in [-0.2, 0) is 0 Å². The fourth-order valence-electron chi connectivity index (χ4n) is 2.53. The first-order chi connectivity index (χ1) is 9.06. The van der Waals surface area contributed by atoms with Crippen molar-refractivity contribution in [2.75, 3.05) is 7.11 Å². The number of hydrogen-bond acceptors (Lipinski definition) is 1. The fourth-order valence-corrected chi connectivity index (χ4v) is 2.68. The van der Waals surface area contributed by atoms with Gasteiger partial charge in [0.05, 0.1) is 7.11 Å². The van der Waals surface area contributed by atoms with Crippen molar-refractivity contribution < 1.29 is 4.74 Å². The average molecular weight is 281 g/mol. The molecule has 1 unspecified atom stereocenters. The second-order valence-electron chi connectivity index (χ2n) is 4.97. The highest BCUT2D eigenvalue weighted by Crippen LogP contribution is 2.39. The maximum absolute atomic E-state index is 6.40. The first kappa shape index (κ1) is 16.1. The van der Waals surface area contributed by atoms with Crippen LogP contribution in [0.25, 0.3) is 0 Å². The Hall–Kier alpha value is -0.950. The first-order valence-electron chi connectivity index (χ1n) is 7.05. The number of ether oxygens (including phenoxy) is 1. The Labute approximate surface area is 122 Å². The number of aryl methyl sites for hydroxylation is 1. The van der Waals surface area contributed by atoms with Crippen LogP contribution in [0.4, 0.5) is 0 Å². The third kappa shape index (κ3) is 3.76. The third-order valence-electron chi connectivity index (χ3n) is 3.64. The van der Waals surface area contributed by atoms with Gasteiger partial charge in [0.2, 0.25) is 0 Å². The zero-order valence-corrected chi connectivity index (χ0v) is 13.5. The lowest BCUT2D eigenvalue weighted by molar-refractivity contribution is 0.403. The van der Waals surface area contributed by atoms with E-state index in [1.165, 1.54) is 5.56 Å². The van der Waals surface area contributed by atoms with Gasteiger partial charge in [0.1, 0.15) is 5.75 Å². The minimum Gasteiger partial charge on any atom is -0.496 e. The first-order valence-corrected chi connectivity index (χ1v) is 7.43. The summed E-state index contributed by atoms with van der Waals surface area (Å²) in [5.41, 5.74) is 3.51. The quantitative estimate of drug-likeness (QED) is 0.597. The van der Waals surface area contributed by atoms with E-state index in [2.05, 4.69) is 39.0 Å². The van der Waals surface area contributed by atoms with Crippen molar-refractivity contribution in [1.82, 2.24) is 0 Å². The molecule has 0 aromatic heterocycles. The van der Waals surface area contributed by atoms with Gasteiger partial charge < -0.3 is 4.74 Å². The van der Waals surface area contributed by atoms with Crippen molar-refractivity contribution in [2.24, 2.45) is 0 Å². The summed E-state index contributed by atoms with van der Waals surface area (Å²) in [6.45, 7) is 8.50. The van der Waals surface area contributed by atoms with Crippen molar-refractivity contribution >= 4 is 11.6 Å². The van der Waals surface area contributed by atoms with Gasteiger partial charge in [-0.2, -0.15) is 0 Å². The summed E-state index contributed by atoms with van der Waals surface area (Å²) in [4.78, 5) is 0. The molecule has 1 aromatic carbocycles. The van der Waals surface area contributed by atoms with Crippen LogP contribution in [0.5, 0.6) is 5.75 Å². The van der Waals surface area contributed by atoms with Gasteiger partial charge in [0, 0.05) is 10.6 Å². The Morgan fingerprint density at radius 2 is 1.95 bits per heavy atom. The van der Waals surface area contributed by atoms with Crippen molar-refractivity contribution in [2.45, 2.75) is 52.9 Å². The molecule has 0 amide bonds. The smallest absolute Gasteiger partial charge is 0.122 e. The number of methoxy groups -OCH3 is 1. The standard InChI is InChI=1S/C17H25ClO/c1-6-8-9-10-14(7-2)16-13(4)17(18)12(3)11-15(16)19-5/h8-9,11,14H,6-7,10H2,1-5H3/b9-8-. The van der Waals surface area contributed by atoms with E-state index in [-0.39, 0.29) is 0 Å². The molecule has 2 heteroatoms. The molecule has 0 saturated carbocycles. The van der Waals surface area contributed by atoms with E-state index in [1.807, 2.05) is 6.92 Å². The minimum atomic E-state index is 0.468. The lowest BCUT2D eigenvalue weighted by atomic mass is 9.88. The topological polar surface area (TPSA) is 9.23 Å². The fraction of sp³-hybridized carbons (Fsp3) is 0.529. The van der Waals surface area contributed by atoms with Crippen LogP contribution in [-0.4, -0.2) is 7.11 Å². The zero-order chi connectivity index (χ0) is 14.4. The summed E-state index contributed by atoms with van der Waals surface area (Å²) in [6.07, 6.45) is 7.70. The van der Waals surface area contributed by atoms with Gasteiger partial charge in [-0.1, -0.05) is 37.6 Å². The number of benzene rings is 1. The lowest BCUT2D eigenvalue weighted by Gasteiger charge is -2.21. The van der Waals surface area contributed by atoms with Gasteiger partial charge in [-0.25, -0.2) is 0 Å². The van der Waals surface area contributed by atoms with Crippen LogP contribution in [0.2, 0.25) is 5.02 Å². The highest BCUT2D eigenvalue weighted by molar-refractivity contribution is 6.32. The van der Waals surface area contributed by atoms with Crippen molar-refractivity contribution in [3.8, 4) is 5.75 Å². The minimum absolute atomic E-state index is 0.468. The van der Waals surface area contributed by atoms with Crippen molar-refractivity contribution in [3.63, 3.8) is 0 Å². The summed E-state index contributed by atoms with van der Waals surface area (Å²) < 4.78 is 5.57. The van der Waals surface area contributed by atoms with Crippen LogP contribution in [0.15, 0.2) is 18.2 Å². The van der Waals surface area contributed by atoms with Gasteiger partial charge in [0.25, 0.3) is 0 Å².